The second kappa shape index (κ2) is 7.42. The minimum absolute atomic E-state index is 0.0244. The van der Waals surface area contributed by atoms with E-state index in [4.69, 9.17) is 4.74 Å². The smallest absolute Gasteiger partial charge is 0.329 e. The highest BCUT2D eigenvalue weighted by Gasteiger charge is 2.54. The van der Waals surface area contributed by atoms with Crippen molar-refractivity contribution in [2.75, 3.05) is 21.3 Å². The molecule has 6 nitrogen and oxygen atoms in total. The topological polar surface area (TPSA) is 66.9 Å². The maximum absolute atomic E-state index is 13.5. The van der Waals surface area contributed by atoms with Crippen LogP contribution in [0.1, 0.15) is 5.56 Å². The van der Waals surface area contributed by atoms with Gasteiger partial charge in [-0.1, -0.05) is 36.4 Å². The molecule has 0 saturated carbocycles. The van der Waals surface area contributed by atoms with Gasteiger partial charge in [-0.25, -0.2) is 13.2 Å². The van der Waals surface area contributed by atoms with E-state index in [1.54, 1.807) is 34.1 Å². The van der Waals surface area contributed by atoms with Crippen LogP contribution in [0.4, 0.5) is 16.2 Å². The van der Waals surface area contributed by atoms with Gasteiger partial charge in [0.1, 0.15) is 11.5 Å². The van der Waals surface area contributed by atoms with E-state index in [0.717, 1.165) is 17.0 Å². The molecule has 0 radical (unpaired) electrons. The zero-order valence-corrected chi connectivity index (χ0v) is 17.8. The number of anilines is 2. The van der Waals surface area contributed by atoms with E-state index in [0.29, 0.717) is 11.4 Å². The van der Waals surface area contributed by atoms with E-state index in [1.165, 1.54) is 0 Å². The van der Waals surface area contributed by atoms with Gasteiger partial charge in [-0.15, -0.1) is 0 Å². The first-order valence-electron chi connectivity index (χ1n) is 10.1. The lowest BCUT2D eigenvalue weighted by Gasteiger charge is -2.24. The lowest BCUT2D eigenvalue weighted by Crippen LogP contribution is -2.38. The molecule has 7 heteroatoms. The minimum atomic E-state index is -3.23. The molecule has 5 rings (SSSR count). The Morgan fingerprint density at radius 2 is 1.35 bits per heavy atom. The molecule has 0 spiro atoms. The molecule has 2 fully saturated rings. The van der Waals surface area contributed by atoms with Crippen LogP contribution in [0, 0.1) is 6.92 Å². The summed E-state index contributed by atoms with van der Waals surface area (Å²) in [7, 11) is -3.23. The molecule has 0 N–H and O–H groups in total. The van der Waals surface area contributed by atoms with Crippen LogP contribution in [0.25, 0.3) is 0 Å². The molecule has 0 bridgehead atoms. The Morgan fingerprint density at radius 3 is 2.03 bits per heavy atom. The van der Waals surface area contributed by atoms with E-state index >= 15 is 0 Å². The Morgan fingerprint density at radius 1 is 0.774 bits per heavy atom. The number of carbonyl (C=O) groups is 1. The third kappa shape index (κ3) is 3.55. The predicted octanol–water partition coefficient (Wildman–Crippen LogP) is 4.40. The Bertz CT molecular complexity index is 1230. The third-order valence-electron chi connectivity index (χ3n) is 5.84. The maximum atomic E-state index is 13.5. The van der Waals surface area contributed by atoms with Crippen LogP contribution < -0.4 is 14.5 Å². The molecule has 3 aromatic rings. The molecule has 0 aromatic heterocycles. The van der Waals surface area contributed by atoms with Gasteiger partial charge in [0.05, 0.1) is 23.6 Å². The molecule has 2 saturated heterocycles. The number of urea groups is 1. The molecule has 2 aliphatic heterocycles. The van der Waals surface area contributed by atoms with Gasteiger partial charge in [0.2, 0.25) is 0 Å². The van der Waals surface area contributed by atoms with Crippen molar-refractivity contribution in [3.63, 3.8) is 0 Å². The van der Waals surface area contributed by atoms with Crippen molar-refractivity contribution < 1.29 is 17.9 Å². The van der Waals surface area contributed by atoms with Crippen LogP contribution >= 0.6 is 0 Å². The first-order valence-corrected chi connectivity index (χ1v) is 12.0. The van der Waals surface area contributed by atoms with Crippen LogP contribution in [0.2, 0.25) is 0 Å². The zero-order chi connectivity index (χ0) is 21.6. The normalized spacial score (nSPS) is 21.9. The minimum Gasteiger partial charge on any atom is -0.457 e. The van der Waals surface area contributed by atoms with Gasteiger partial charge in [0.25, 0.3) is 0 Å². The second-order valence-electron chi connectivity index (χ2n) is 7.93. The molecular weight excluding hydrogens is 412 g/mol. The molecule has 3 aromatic carbocycles. The average molecular weight is 435 g/mol. The van der Waals surface area contributed by atoms with Gasteiger partial charge in [-0.3, -0.25) is 9.80 Å². The Labute approximate surface area is 181 Å². The number of rotatable bonds is 4. The molecule has 2 atom stereocenters. The Kier molecular flexibility index (Phi) is 4.70. The number of hydrogen-bond acceptors (Lipinski definition) is 4. The highest BCUT2D eigenvalue weighted by molar-refractivity contribution is 7.91. The van der Waals surface area contributed by atoms with E-state index in [1.807, 2.05) is 61.5 Å². The first kappa shape index (κ1) is 19.6. The second-order valence-corrected chi connectivity index (χ2v) is 10.1. The van der Waals surface area contributed by atoms with Crippen LogP contribution in [0.15, 0.2) is 78.9 Å². The highest BCUT2D eigenvalue weighted by Crippen LogP contribution is 2.39. The van der Waals surface area contributed by atoms with Crippen LogP contribution in [-0.4, -0.2) is 38.0 Å². The number of hydrogen-bond donors (Lipinski definition) is 0. The van der Waals surface area contributed by atoms with Crippen molar-refractivity contribution in [2.45, 2.75) is 19.0 Å². The highest BCUT2D eigenvalue weighted by atomic mass is 32.2. The summed E-state index contributed by atoms with van der Waals surface area (Å²) in [6.07, 6.45) is 0. The third-order valence-corrected chi connectivity index (χ3v) is 7.54. The van der Waals surface area contributed by atoms with E-state index in [-0.39, 0.29) is 17.5 Å². The number of aryl methyl sites for hydroxylation is 1. The van der Waals surface area contributed by atoms with Gasteiger partial charge >= 0.3 is 6.03 Å². The molecule has 2 amide bonds. The fraction of sp³-hybridized carbons (Fsp3) is 0.208. The summed E-state index contributed by atoms with van der Waals surface area (Å²) in [5.41, 5.74) is 2.35. The molecule has 2 aliphatic rings. The SMILES string of the molecule is Cc1ccccc1N1C(=O)N(c2ccc(Oc3ccccc3)cc2)C2CS(=O)(=O)CC21. The van der Waals surface area contributed by atoms with Crippen LogP contribution in [-0.2, 0) is 9.84 Å². The van der Waals surface area contributed by atoms with Crippen molar-refractivity contribution in [3.8, 4) is 11.5 Å². The molecule has 2 unspecified atom stereocenters. The average Bonchev–Trinajstić information content (AvgIpc) is 3.19. The number of ether oxygens (including phenoxy) is 1. The quantitative estimate of drug-likeness (QED) is 0.571. The first-order chi connectivity index (χ1) is 14.9. The number of sulfone groups is 1. The maximum Gasteiger partial charge on any atom is 0.329 e. The number of para-hydroxylation sites is 2. The van der Waals surface area contributed by atoms with Crippen molar-refractivity contribution in [3.05, 3.63) is 84.4 Å². The number of nitrogens with zero attached hydrogens (tertiary/aromatic N) is 2. The fourth-order valence-corrected chi connectivity index (χ4v) is 6.34. The van der Waals surface area contributed by atoms with Crippen LogP contribution in [0.5, 0.6) is 11.5 Å². The number of benzene rings is 3. The zero-order valence-electron chi connectivity index (χ0n) is 17.0. The van der Waals surface area contributed by atoms with E-state index in [9.17, 15) is 13.2 Å². The van der Waals surface area contributed by atoms with Crippen molar-refractivity contribution in [2.24, 2.45) is 0 Å². The number of carbonyl (C=O) groups excluding carboxylic acids is 1. The molecule has 31 heavy (non-hydrogen) atoms. The molecule has 0 aliphatic carbocycles. The van der Waals surface area contributed by atoms with Crippen molar-refractivity contribution in [1.82, 2.24) is 0 Å². The fourth-order valence-electron chi connectivity index (χ4n) is 4.42. The van der Waals surface area contributed by atoms with Gasteiger partial charge in [-0.05, 0) is 55.0 Å². The summed E-state index contributed by atoms with van der Waals surface area (Å²) in [6.45, 7) is 1.93. The summed E-state index contributed by atoms with van der Waals surface area (Å²) in [4.78, 5) is 16.8. The predicted molar refractivity (Wildman–Crippen MR) is 121 cm³/mol. The van der Waals surface area contributed by atoms with Gasteiger partial charge in [0.15, 0.2) is 9.84 Å². The summed E-state index contributed by atoms with van der Waals surface area (Å²) in [5.74, 6) is 1.31. The number of fused-ring (bicyclic) bond motifs is 1. The summed E-state index contributed by atoms with van der Waals surface area (Å²) in [6, 6.07) is 23.2. The monoisotopic (exact) mass is 434 g/mol. The molecule has 158 valence electrons. The Balaban J connectivity index is 1.48. The van der Waals surface area contributed by atoms with E-state index in [2.05, 4.69) is 0 Å². The van der Waals surface area contributed by atoms with Gasteiger partial charge in [-0.2, -0.15) is 0 Å². The largest absolute Gasteiger partial charge is 0.457 e. The van der Waals surface area contributed by atoms with Crippen LogP contribution in [0.3, 0.4) is 0 Å². The van der Waals surface area contributed by atoms with E-state index < -0.39 is 21.9 Å². The van der Waals surface area contributed by atoms with Gasteiger partial charge in [0, 0.05) is 11.4 Å². The van der Waals surface area contributed by atoms with Crippen molar-refractivity contribution in [1.29, 1.82) is 0 Å². The van der Waals surface area contributed by atoms with Gasteiger partial charge < -0.3 is 4.74 Å². The summed E-state index contributed by atoms with van der Waals surface area (Å²) < 4.78 is 30.8. The molecular formula is C24H22N2O4S. The van der Waals surface area contributed by atoms with Crippen molar-refractivity contribution >= 4 is 27.2 Å². The lowest BCUT2D eigenvalue weighted by atomic mass is 10.1. The molecule has 2 heterocycles. The summed E-state index contributed by atoms with van der Waals surface area (Å²) >= 11 is 0. The standard InChI is InChI=1S/C24H22N2O4S/c1-17-7-5-6-10-21(17)26-23-16-31(28,29)15-22(23)25(24(26)27)18-11-13-20(14-12-18)30-19-8-3-2-4-9-19/h2-14,22-23H,15-16H2,1H3. The lowest BCUT2D eigenvalue weighted by molar-refractivity contribution is 0.255. The summed E-state index contributed by atoms with van der Waals surface area (Å²) in [5, 5.41) is 0. The Hall–Kier alpha value is -3.32. The number of amides is 2.